The van der Waals surface area contributed by atoms with E-state index in [0.717, 1.165) is 18.2 Å². The lowest BCUT2D eigenvalue weighted by Crippen LogP contribution is -2.28. The number of hydrogen-bond acceptors (Lipinski definition) is 5. The van der Waals surface area contributed by atoms with Crippen LogP contribution in [0.4, 0.5) is 15.8 Å². The molecule has 25 heavy (non-hydrogen) atoms. The first-order valence-corrected chi connectivity index (χ1v) is 7.27. The minimum Gasteiger partial charge on any atom is -0.495 e. The zero-order chi connectivity index (χ0) is 18.2. The Bertz CT molecular complexity index is 817. The molecule has 0 aliphatic carbocycles. The standard InChI is InChI=1S/C18H16FN3O3/c1-25-16-5-3-2-4-14(16)21-11-10-15(23)17(20)18(24)22-13-8-6-12(19)7-9-13/h2-11,20-21H,1H3,(H,22,24)/b11-10-,20-17?. The lowest BCUT2D eigenvalue weighted by atomic mass is 10.2. The molecule has 2 aromatic rings. The molecule has 0 bridgehead atoms. The molecule has 2 aromatic carbocycles. The summed E-state index contributed by atoms with van der Waals surface area (Å²) < 4.78 is 18.0. The molecule has 0 unspecified atom stereocenters. The Morgan fingerprint density at radius 2 is 1.80 bits per heavy atom. The Balaban J connectivity index is 1.93. The van der Waals surface area contributed by atoms with E-state index in [1.54, 1.807) is 24.3 Å². The Labute approximate surface area is 143 Å². The molecular weight excluding hydrogens is 325 g/mol. The number of allylic oxidation sites excluding steroid dienone is 1. The average molecular weight is 341 g/mol. The van der Waals surface area contributed by atoms with Crippen molar-refractivity contribution >= 4 is 28.8 Å². The fourth-order valence-corrected chi connectivity index (χ4v) is 1.89. The summed E-state index contributed by atoms with van der Waals surface area (Å²) in [6.07, 6.45) is 2.39. The van der Waals surface area contributed by atoms with Crippen molar-refractivity contribution in [2.45, 2.75) is 0 Å². The van der Waals surface area contributed by atoms with Crippen molar-refractivity contribution in [3.8, 4) is 5.75 Å². The molecule has 6 nitrogen and oxygen atoms in total. The van der Waals surface area contributed by atoms with E-state index in [1.807, 2.05) is 0 Å². The molecule has 128 valence electrons. The van der Waals surface area contributed by atoms with Crippen LogP contribution in [0.5, 0.6) is 5.75 Å². The summed E-state index contributed by atoms with van der Waals surface area (Å²) >= 11 is 0. The predicted molar refractivity (Wildman–Crippen MR) is 93.5 cm³/mol. The van der Waals surface area contributed by atoms with Gasteiger partial charge in [-0.3, -0.25) is 15.0 Å². The van der Waals surface area contributed by atoms with Crippen molar-refractivity contribution in [3.05, 3.63) is 66.6 Å². The van der Waals surface area contributed by atoms with Crippen LogP contribution < -0.4 is 15.4 Å². The first-order valence-electron chi connectivity index (χ1n) is 7.27. The molecule has 0 saturated heterocycles. The zero-order valence-electron chi connectivity index (χ0n) is 13.4. The minimum atomic E-state index is -0.876. The van der Waals surface area contributed by atoms with Crippen LogP contribution in [-0.4, -0.2) is 24.5 Å². The van der Waals surface area contributed by atoms with Gasteiger partial charge in [-0.05, 0) is 36.4 Å². The van der Waals surface area contributed by atoms with Gasteiger partial charge < -0.3 is 15.4 Å². The highest BCUT2D eigenvalue weighted by Gasteiger charge is 2.16. The molecule has 3 N–H and O–H groups in total. The van der Waals surface area contributed by atoms with E-state index in [1.165, 1.54) is 25.4 Å². The molecule has 0 aliphatic rings. The van der Waals surface area contributed by atoms with Crippen molar-refractivity contribution in [2.24, 2.45) is 0 Å². The molecule has 0 aliphatic heterocycles. The van der Waals surface area contributed by atoms with Crippen LogP contribution in [0.3, 0.4) is 0 Å². The highest BCUT2D eigenvalue weighted by atomic mass is 19.1. The topological polar surface area (TPSA) is 91.3 Å². The van der Waals surface area contributed by atoms with E-state index in [4.69, 9.17) is 10.1 Å². The number of anilines is 2. The van der Waals surface area contributed by atoms with E-state index >= 15 is 0 Å². The molecule has 0 radical (unpaired) electrons. The fraction of sp³-hybridized carbons (Fsp3) is 0.0556. The van der Waals surface area contributed by atoms with Crippen LogP contribution in [0.15, 0.2) is 60.8 Å². The third-order valence-electron chi connectivity index (χ3n) is 3.16. The van der Waals surface area contributed by atoms with Crippen LogP contribution in [0.25, 0.3) is 0 Å². The smallest absolute Gasteiger partial charge is 0.277 e. The van der Waals surface area contributed by atoms with Crippen molar-refractivity contribution in [3.63, 3.8) is 0 Å². The van der Waals surface area contributed by atoms with Gasteiger partial charge in [0.1, 0.15) is 11.6 Å². The molecule has 0 fully saturated rings. The fourth-order valence-electron chi connectivity index (χ4n) is 1.89. The second kappa shape index (κ2) is 8.39. The lowest BCUT2D eigenvalue weighted by molar-refractivity contribution is -0.113. The van der Waals surface area contributed by atoms with Gasteiger partial charge in [0.25, 0.3) is 5.91 Å². The highest BCUT2D eigenvalue weighted by Crippen LogP contribution is 2.22. The number of nitrogens with one attached hydrogen (secondary N) is 3. The van der Waals surface area contributed by atoms with Gasteiger partial charge in [0.2, 0.25) is 5.78 Å². The summed E-state index contributed by atoms with van der Waals surface area (Å²) in [6, 6.07) is 12.1. The Kier molecular flexibility index (Phi) is 6.00. The largest absolute Gasteiger partial charge is 0.495 e. The number of halogens is 1. The molecule has 1 amide bonds. The van der Waals surface area contributed by atoms with Gasteiger partial charge in [-0.15, -0.1) is 0 Å². The quantitative estimate of drug-likeness (QED) is 0.410. The summed E-state index contributed by atoms with van der Waals surface area (Å²) in [5.41, 5.74) is 0.193. The minimum absolute atomic E-state index is 0.292. The molecule has 0 spiro atoms. The maximum atomic E-state index is 12.8. The van der Waals surface area contributed by atoms with Crippen molar-refractivity contribution in [1.29, 1.82) is 5.41 Å². The van der Waals surface area contributed by atoms with E-state index in [-0.39, 0.29) is 0 Å². The van der Waals surface area contributed by atoms with E-state index in [2.05, 4.69) is 10.6 Å². The normalized spacial score (nSPS) is 10.3. The lowest BCUT2D eigenvalue weighted by Gasteiger charge is -2.07. The van der Waals surface area contributed by atoms with Gasteiger partial charge in [0.15, 0.2) is 5.71 Å². The number of para-hydroxylation sites is 2. The van der Waals surface area contributed by atoms with Gasteiger partial charge in [0.05, 0.1) is 12.8 Å². The first-order chi connectivity index (χ1) is 12.0. The van der Waals surface area contributed by atoms with Crippen LogP contribution in [0, 0.1) is 11.2 Å². The number of methoxy groups -OCH3 is 1. The highest BCUT2D eigenvalue weighted by molar-refractivity contribution is 6.68. The third kappa shape index (κ3) is 5.00. The summed E-state index contributed by atoms with van der Waals surface area (Å²) in [6.45, 7) is 0. The van der Waals surface area contributed by atoms with Gasteiger partial charge in [-0.1, -0.05) is 12.1 Å². The summed E-state index contributed by atoms with van der Waals surface area (Å²) in [4.78, 5) is 23.7. The van der Waals surface area contributed by atoms with Crippen LogP contribution >= 0.6 is 0 Å². The van der Waals surface area contributed by atoms with Crippen molar-refractivity contribution < 1.29 is 18.7 Å². The van der Waals surface area contributed by atoms with E-state index < -0.39 is 23.2 Å². The molecule has 2 rings (SSSR count). The van der Waals surface area contributed by atoms with Gasteiger partial charge in [-0.2, -0.15) is 0 Å². The molecule has 7 heteroatoms. The van der Waals surface area contributed by atoms with Crippen molar-refractivity contribution in [2.75, 3.05) is 17.7 Å². The van der Waals surface area contributed by atoms with Gasteiger partial charge in [0, 0.05) is 18.0 Å². The number of carbonyl (C=O) groups excluding carboxylic acids is 2. The SMILES string of the molecule is COc1ccccc1N/C=C\C(=O)C(=N)C(=O)Nc1ccc(F)cc1. The number of hydrogen-bond donors (Lipinski definition) is 3. The Morgan fingerprint density at radius 3 is 2.48 bits per heavy atom. The number of rotatable bonds is 7. The summed E-state index contributed by atoms with van der Waals surface area (Å²) in [5, 5.41) is 12.8. The molecular formula is C18H16FN3O3. The monoisotopic (exact) mass is 341 g/mol. The first kappa shape index (κ1) is 17.9. The van der Waals surface area contributed by atoms with Crippen LogP contribution in [0.2, 0.25) is 0 Å². The van der Waals surface area contributed by atoms with Crippen molar-refractivity contribution in [1.82, 2.24) is 0 Å². The second-order valence-electron chi connectivity index (χ2n) is 4.88. The Hall–Kier alpha value is -3.48. The molecule has 0 aromatic heterocycles. The van der Waals surface area contributed by atoms with Crippen LogP contribution in [-0.2, 0) is 9.59 Å². The van der Waals surface area contributed by atoms with Gasteiger partial charge >= 0.3 is 0 Å². The number of ketones is 1. The third-order valence-corrected chi connectivity index (χ3v) is 3.16. The maximum absolute atomic E-state index is 12.8. The summed E-state index contributed by atoms with van der Waals surface area (Å²) in [5.74, 6) is -1.52. The maximum Gasteiger partial charge on any atom is 0.277 e. The number of benzene rings is 2. The number of ether oxygens (including phenoxy) is 1. The summed E-state index contributed by atoms with van der Waals surface area (Å²) in [7, 11) is 1.52. The van der Waals surface area contributed by atoms with Crippen LogP contribution in [0.1, 0.15) is 0 Å². The number of carbonyl (C=O) groups is 2. The predicted octanol–water partition coefficient (Wildman–Crippen LogP) is 2.99. The molecule has 0 heterocycles. The Morgan fingerprint density at radius 1 is 1.12 bits per heavy atom. The van der Waals surface area contributed by atoms with E-state index in [9.17, 15) is 14.0 Å². The van der Waals surface area contributed by atoms with E-state index in [0.29, 0.717) is 17.1 Å². The molecule has 0 atom stereocenters. The number of amides is 1. The van der Waals surface area contributed by atoms with Gasteiger partial charge in [-0.25, -0.2) is 4.39 Å². The second-order valence-corrected chi connectivity index (χ2v) is 4.88. The molecule has 0 saturated carbocycles. The average Bonchev–Trinajstić information content (AvgIpc) is 2.63. The zero-order valence-corrected chi connectivity index (χ0v) is 13.4.